The Hall–Kier alpha value is -4.39. The maximum absolute atomic E-state index is 12.7. The summed E-state index contributed by atoms with van der Waals surface area (Å²) in [6.07, 6.45) is 0.789. The monoisotopic (exact) mass is 455 g/mol. The topological polar surface area (TPSA) is 92.9 Å². The molecule has 0 aliphatic heterocycles. The fourth-order valence-corrected chi connectivity index (χ4v) is 3.87. The van der Waals surface area contributed by atoms with Crippen molar-refractivity contribution in [2.75, 3.05) is 14.2 Å². The molecule has 7 heteroatoms. The third kappa shape index (κ3) is 4.15. The van der Waals surface area contributed by atoms with Gasteiger partial charge in [-0.2, -0.15) is 0 Å². The molecule has 7 nitrogen and oxygen atoms in total. The molecule has 172 valence electrons. The third-order valence-corrected chi connectivity index (χ3v) is 5.65. The lowest BCUT2D eigenvalue weighted by atomic mass is 10.00. The van der Waals surface area contributed by atoms with Gasteiger partial charge in [-0.05, 0) is 42.3 Å². The second kappa shape index (κ2) is 9.62. The molecule has 1 heterocycles. The number of aromatic nitrogens is 1. The minimum atomic E-state index is -0.447. The van der Waals surface area contributed by atoms with Gasteiger partial charge >= 0.3 is 12.0 Å². The number of carbonyl (C=O) groups is 2. The first kappa shape index (κ1) is 22.8. The molecule has 2 N–H and O–H groups in total. The number of methoxy groups -OCH3 is 1. The molecule has 0 aliphatic rings. The standard InChI is InChI=1S/C27H25N3O4/c1-4-17-10-15-21-22(16-17)30(27(33)28-2)25(31)23(21)24(18-8-6-5-7-9-18)29-20-13-11-19(12-14-20)26(32)34-3/h5-16,31H,4H2,1-3H3,(H,28,33). The van der Waals surface area contributed by atoms with Gasteiger partial charge in [-0.25, -0.2) is 19.1 Å². The first-order valence-corrected chi connectivity index (χ1v) is 10.9. The van der Waals surface area contributed by atoms with Crippen molar-refractivity contribution in [3.8, 4) is 5.88 Å². The van der Waals surface area contributed by atoms with E-state index >= 15 is 0 Å². The van der Waals surface area contributed by atoms with E-state index in [-0.39, 0.29) is 5.88 Å². The minimum Gasteiger partial charge on any atom is -0.494 e. The highest BCUT2D eigenvalue weighted by Crippen LogP contribution is 2.35. The van der Waals surface area contributed by atoms with Crippen molar-refractivity contribution in [3.05, 3.63) is 95.1 Å². The Kier molecular flexibility index (Phi) is 6.45. The molecule has 34 heavy (non-hydrogen) atoms. The molecule has 4 rings (SSSR count). The number of aryl methyl sites for hydroxylation is 1. The Balaban J connectivity index is 1.99. The van der Waals surface area contributed by atoms with Crippen molar-refractivity contribution < 1.29 is 19.4 Å². The second-order valence-electron chi connectivity index (χ2n) is 7.66. The van der Waals surface area contributed by atoms with Gasteiger partial charge in [-0.3, -0.25) is 0 Å². The predicted molar refractivity (Wildman–Crippen MR) is 132 cm³/mol. The molecular formula is C27H25N3O4. The highest BCUT2D eigenvalue weighted by molar-refractivity contribution is 6.23. The van der Waals surface area contributed by atoms with Gasteiger partial charge in [0.25, 0.3) is 0 Å². The molecule has 3 aromatic carbocycles. The Bertz CT molecular complexity index is 1390. The van der Waals surface area contributed by atoms with E-state index < -0.39 is 12.0 Å². The number of ether oxygens (including phenoxy) is 1. The average molecular weight is 456 g/mol. The number of hydrogen-bond donors (Lipinski definition) is 2. The van der Waals surface area contributed by atoms with Crippen LogP contribution in [0.25, 0.3) is 10.9 Å². The van der Waals surface area contributed by atoms with Gasteiger partial charge in [0.05, 0.1) is 35.2 Å². The first-order valence-electron chi connectivity index (χ1n) is 10.9. The Morgan fingerprint density at radius 1 is 1.00 bits per heavy atom. The molecule has 0 bridgehead atoms. The van der Waals surface area contributed by atoms with E-state index in [9.17, 15) is 14.7 Å². The molecular weight excluding hydrogens is 430 g/mol. The normalized spacial score (nSPS) is 11.4. The van der Waals surface area contributed by atoms with Crippen molar-refractivity contribution in [1.82, 2.24) is 9.88 Å². The third-order valence-electron chi connectivity index (χ3n) is 5.65. The quantitative estimate of drug-likeness (QED) is 0.325. The van der Waals surface area contributed by atoms with Crippen LogP contribution in [0.5, 0.6) is 5.88 Å². The van der Waals surface area contributed by atoms with E-state index in [4.69, 9.17) is 9.73 Å². The van der Waals surface area contributed by atoms with Crippen LogP contribution in [0, 0.1) is 0 Å². The maximum atomic E-state index is 12.7. The highest BCUT2D eigenvalue weighted by Gasteiger charge is 2.25. The highest BCUT2D eigenvalue weighted by atomic mass is 16.5. The summed E-state index contributed by atoms with van der Waals surface area (Å²) in [4.78, 5) is 29.4. The number of aliphatic imine (C=N–C) groups is 1. The number of benzene rings is 3. The summed E-state index contributed by atoms with van der Waals surface area (Å²) < 4.78 is 6.03. The van der Waals surface area contributed by atoms with Crippen molar-refractivity contribution in [2.24, 2.45) is 4.99 Å². The number of nitrogens with one attached hydrogen (secondary N) is 1. The van der Waals surface area contributed by atoms with Crippen LogP contribution < -0.4 is 5.32 Å². The summed E-state index contributed by atoms with van der Waals surface area (Å²) in [7, 11) is 2.85. The van der Waals surface area contributed by atoms with Gasteiger partial charge in [-0.1, -0.05) is 49.4 Å². The second-order valence-corrected chi connectivity index (χ2v) is 7.66. The summed E-state index contributed by atoms with van der Waals surface area (Å²) in [6.45, 7) is 2.03. The van der Waals surface area contributed by atoms with E-state index in [1.807, 2.05) is 55.5 Å². The van der Waals surface area contributed by atoms with Crippen LogP contribution in [0.4, 0.5) is 10.5 Å². The van der Waals surface area contributed by atoms with Gasteiger partial charge < -0.3 is 15.2 Å². The Morgan fingerprint density at radius 2 is 1.71 bits per heavy atom. The van der Waals surface area contributed by atoms with E-state index in [0.717, 1.165) is 17.5 Å². The number of aromatic hydroxyl groups is 1. The lowest BCUT2D eigenvalue weighted by Crippen LogP contribution is -2.24. The zero-order chi connectivity index (χ0) is 24.2. The van der Waals surface area contributed by atoms with Crippen molar-refractivity contribution in [3.63, 3.8) is 0 Å². The Labute approximate surface area is 197 Å². The number of carbonyl (C=O) groups excluding carboxylic acids is 2. The fourth-order valence-electron chi connectivity index (χ4n) is 3.87. The molecule has 0 fully saturated rings. The summed E-state index contributed by atoms with van der Waals surface area (Å²) in [5.74, 6) is -0.631. The molecule has 0 saturated heterocycles. The molecule has 1 aromatic heterocycles. The van der Waals surface area contributed by atoms with Crippen LogP contribution in [0.1, 0.15) is 34.0 Å². The van der Waals surface area contributed by atoms with Crippen LogP contribution in [-0.4, -0.2) is 41.5 Å². The zero-order valence-corrected chi connectivity index (χ0v) is 19.2. The van der Waals surface area contributed by atoms with Crippen molar-refractivity contribution in [1.29, 1.82) is 0 Å². The molecule has 0 atom stereocenters. The average Bonchev–Trinajstić information content (AvgIpc) is 3.17. The Morgan fingerprint density at radius 3 is 2.32 bits per heavy atom. The molecule has 0 spiro atoms. The summed E-state index contributed by atoms with van der Waals surface area (Å²) in [5.41, 5.74) is 4.34. The van der Waals surface area contributed by atoms with E-state index in [0.29, 0.717) is 33.4 Å². The first-order chi connectivity index (χ1) is 16.5. The number of amides is 1. The number of hydrogen-bond acceptors (Lipinski definition) is 5. The van der Waals surface area contributed by atoms with Crippen molar-refractivity contribution in [2.45, 2.75) is 13.3 Å². The lowest BCUT2D eigenvalue weighted by Gasteiger charge is -2.09. The summed E-state index contributed by atoms with van der Waals surface area (Å²) in [6, 6.07) is 21.5. The van der Waals surface area contributed by atoms with Gasteiger partial charge in [0.2, 0.25) is 5.88 Å². The van der Waals surface area contributed by atoms with Crippen LogP contribution in [0.3, 0.4) is 0 Å². The number of esters is 1. The number of nitrogens with zero attached hydrogens (tertiary/aromatic N) is 2. The SMILES string of the molecule is CCc1ccc2c(C(=Nc3ccc(C(=O)OC)cc3)c3ccccc3)c(O)n(C(=O)NC)c2c1. The smallest absolute Gasteiger partial charge is 0.337 e. The van der Waals surface area contributed by atoms with Crippen molar-refractivity contribution >= 4 is 34.3 Å². The van der Waals surface area contributed by atoms with E-state index in [1.54, 1.807) is 24.3 Å². The summed E-state index contributed by atoms with van der Waals surface area (Å²) in [5, 5.41) is 14.6. The van der Waals surface area contributed by atoms with Crippen LogP contribution in [-0.2, 0) is 11.2 Å². The minimum absolute atomic E-state index is 0.198. The van der Waals surface area contributed by atoms with Gasteiger partial charge in [0.1, 0.15) is 0 Å². The van der Waals surface area contributed by atoms with Gasteiger partial charge in [0.15, 0.2) is 0 Å². The van der Waals surface area contributed by atoms with E-state index in [1.165, 1.54) is 18.7 Å². The molecule has 0 radical (unpaired) electrons. The van der Waals surface area contributed by atoms with Crippen LogP contribution in [0.2, 0.25) is 0 Å². The molecule has 0 unspecified atom stereocenters. The van der Waals surface area contributed by atoms with E-state index in [2.05, 4.69) is 5.32 Å². The summed E-state index contributed by atoms with van der Waals surface area (Å²) >= 11 is 0. The number of rotatable bonds is 5. The maximum Gasteiger partial charge on any atom is 0.337 e. The predicted octanol–water partition coefficient (Wildman–Crippen LogP) is 5.05. The number of fused-ring (bicyclic) bond motifs is 1. The zero-order valence-electron chi connectivity index (χ0n) is 19.2. The van der Waals surface area contributed by atoms with Gasteiger partial charge in [0, 0.05) is 18.0 Å². The molecule has 0 aliphatic carbocycles. The lowest BCUT2D eigenvalue weighted by molar-refractivity contribution is 0.0600. The molecule has 0 saturated carbocycles. The van der Waals surface area contributed by atoms with Crippen LogP contribution >= 0.6 is 0 Å². The van der Waals surface area contributed by atoms with Crippen LogP contribution in [0.15, 0.2) is 77.8 Å². The van der Waals surface area contributed by atoms with Gasteiger partial charge in [-0.15, -0.1) is 0 Å². The molecule has 4 aromatic rings. The fraction of sp³-hybridized carbons (Fsp3) is 0.148. The molecule has 1 amide bonds. The largest absolute Gasteiger partial charge is 0.494 e.